The SMILES string of the molecule is CNCc1ccc(S(=O)(=O)NCCOCCC(C)C)cc1. The summed E-state index contributed by atoms with van der Waals surface area (Å²) in [7, 11) is -1.59. The number of nitrogens with one attached hydrogen (secondary N) is 2. The van der Waals surface area contributed by atoms with Gasteiger partial charge in [0.2, 0.25) is 10.0 Å². The third kappa shape index (κ3) is 7.04. The molecular weight excluding hydrogens is 288 g/mol. The summed E-state index contributed by atoms with van der Waals surface area (Å²) in [4.78, 5) is 0.282. The van der Waals surface area contributed by atoms with E-state index < -0.39 is 10.0 Å². The maximum Gasteiger partial charge on any atom is 0.240 e. The topological polar surface area (TPSA) is 67.4 Å². The predicted molar refractivity (Wildman–Crippen MR) is 84.7 cm³/mol. The molecule has 1 rings (SSSR count). The molecule has 1 aromatic carbocycles. The van der Waals surface area contributed by atoms with E-state index in [2.05, 4.69) is 23.9 Å². The van der Waals surface area contributed by atoms with E-state index in [4.69, 9.17) is 4.74 Å². The van der Waals surface area contributed by atoms with Gasteiger partial charge in [-0.25, -0.2) is 13.1 Å². The predicted octanol–water partition coefficient (Wildman–Crippen LogP) is 1.75. The Hall–Kier alpha value is -0.950. The molecule has 0 aliphatic heterocycles. The largest absolute Gasteiger partial charge is 0.380 e. The monoisotopic (exact) mass is 314 g/mol. The average molecular weight is 314 g/mol. The molecule has 0 amide bonds. The Morgan fingerprint density at radius 1 is 1.14 bits per heavy atom. The lowest BCUT2D eigenvalue weighted by molar-refractivity contribution is 0.128. The van der Waals surface area contributed by atoms with E-state index in [-0.39, 0.29) is 4.90 Å². The first-order valence-electron chi connectivity index (χ1n) is 7.26. The summed E-state index contributed by atoms with van der Waals surface area (Å²) in [5.41, 5.74) is 1.05. The van der Waals surface area contributed by atoms with Gasteiger partial charge < -0.3 is 10.1 Å². The van der Waals surface area contributed by atoms with Crippen LogP contribution in [0.1, 0.15) is 25.8 Å². The van der Waals surface area contributed by atoms with Gasteiger partial charge in [0.25, 0.3) is 0 Å². The number of rotatable bonds is 10. The van der Waals surface area contributed by atoms with Crippen LogP contribution in [0.5, 0.6) is 0 Å². The van der Waals surface area contributed by atoms with Gasteiger partial charge in [-0.1, -0.05) is 26.0 Å². The fraction of sp³-hybridized carbons (Fsp3) is 0.600. The van der Waals surface area contributed by atoms with Crippen molar-refractivity contribution in [1.82, 2.24) is 10.0 Å². The van der Waals surface area contributed by atoms with Crippen molar-refractivity contribution in [2.45, 2.75) is 31.7 Å². The standard InChI is InChI=1S/C15H26N2O3S/c1-13(2)8-10-20-11-9-17-21(18,19)15-6-4-14(5-7-15)12-16-3/h4-7,13,16-17H,8-12H2,1-3H3. The van der Waals surface area contributed by atoms with Crippen LogP contribution in [0.2, 0.25) is 0 Å². The second kappa shape index (κ2) is 9.15. The van der Waals surface area contributed by atoms with Crippen LogP contribution in [0.25, 0.3) is 0 Å². The molecule has 0 bridgehead atoms. The third-order valence-corrected chi connectivity index (χ3v) is 4.47. The molecule has 6 heteroatoms. The molecule has 0 aromatic heterocycles. The Balaban J connectivity index is 2.39. The van der Waals surface area contributed by atoms with E-state index in [0.717, 1.165) is 18.5 Å². The molecule has 0 saturated heterocycles. The van der Waals surface area contributed by atoms with Crippen LogP contribution in [0.15, 0.2) is 29.2 Å². The summed E-state index contributed by atoms with van der Waals surface area (Å²) in [6.45, 7) is 6.33. The van der Waals surface area contributed by atoms with Crippen LogP contribution < -0.4 is 10.0 Å². The molecule has 0 unspecified atom stereocenters. The van der Waals surface area contributed by atoms with Crippen LogP contribution in [-0.2, 0) is 21.3 Å². The molecule has 1 aromatic rings. The Kier molecular flexibility index (Phi) is 7.88. The highest BCUT2D eigenvalue weighted by Crippen LogP contribution is 2.10. The lowest BCUT2D eigenvalue weighted by Crippen LogP contribution is -2.27. The van der Waals surface area contributed by atoms with E-state index in [1.165, 1.54) is 0 Å². The van der Waals surface area contributed by atoms with E-state index in [9.17, 15) is 8.42 Å². The van der Waals surface area contributed by atoms with Crippen molar-refractivity contribution in [3.8, 4) is 0 Å². The highest BCUT2D eigenvalue weighted by molar-refractivity contribution is 7.89. The van der Waals surface area contributed by atoms with Gasteiger partial charge in [0, 0.05) is 19.7 Å². The van der Waals surface area contributed by atoms with Crippen LogP contribution in [0.4, 0.5) is 0 Å². The van der Waals surface area contributed by atoms with Gasteiger partial charge in [-0.3, -0.25) is 0 Å². The fourth-order valence-electron chi connectivity index (χ4n) is 1.74. The zero-order valence-corrected chi connectivity index (χ0v) is 13.9. The minimum absolute atomic E-state index is 0.282. The molecular formula is C15H26N2O3S. The van der Waals surface area contributed by atoms with Crippen molar-refractivity contribution in [2.75, 3.05) is 26.8 Å². The minimum Gasteiger partial charge on any atom is -0.380 e. The third-order valence-electron chi connectivity index (χ3n) is 2.99. The van der Waals surface area contributed by atoms with Crippen molar-refractivity contribution < 1.29 is 13.2 Å². The van der Waals surface area contributed by atoms with Crippen molar-refractivity contribution in [1.29, 1.82) is 0 Å². The van der Waals surface area contributed by atoms with E-state index >= 15 is 0 Å². The first kappa shape index (κ1) is 18.1. The lowest BCUT2D eigenvalue weighted by atomic mass is 10.1. The summed E-state index contributed by atoms with van der Waals surface area (Å²) in [6.07, 6.45) is 0.986. The Morgan fingerprint density at radius 3 is 2.38 bits per heavy atom. The number of sulfonamides is 1. The maximum absolute atomic E-state index is 12.1. The Bertz CT molecular complexity index is 498. The van der Waals surface area contributed by atoms with Crippen molar-refractivity contribution in [2.24, 2.45) is 5.92 Å². The Morgan fingerprint density at radius 2 is 1.81 bits per heavy atom. The van der Waals surface area contributed by atoms with Crippen molar-refractivity contribution in [3.05, 3.63) is 29.8 Å². The molecule has 5 nitrogen and oxygen atoms in total. The fourth-order valence-corrected chi connectivity index (χ4v) is 2.76. The summed E-state index contributed by atoms with van der Waals surface area (Å²) >= 11 is 0. The van der Waals surface area contributed by atoms with Crippen molar-refractivity contribution >= 4 is 10.0 Å². The maximum atomic E-state index is 12.1. The highest BCUT2D eigenvalue weighted by Gasteiger charge is 2.12. The molecule has 0 fully saturated rings. The van der Waals surface area contributed by atoms with Gasteiger partial charge in [-0.15, -0.1) is 0 Å². The van der Waals surface area contributed by atoms with E-state index in [1.54, 1.807) is 12.1 Å². The quantitative estimate of drug-likeness (QED) is 0.646. The number of hydrogen-bond acceptors (Lipinski definition) is 4. The number of benzene rings is 1. The summed E-state index contributed by atoms with van der Waals surface area (Å²) < 4.78 is 32.1. The summed E-state index contributed by atoms with van der Waals surface area (Å²) in [5.74, 6) is 0.595. The molecule has 0 aliphatic rings. The molecule has 21 heavy (non-hydrogen) atoms. The van der Waals surface area contributed by atoms with Gasteiger partial charge >= 0.3 is 0 Å². The molecule has 0 spiro atoms. The highest BCUT2D eigenvalue weighted by atomic mass is 32.2. The number of ether oxygens (including phenoxy) is 1. The summed E-state index contributed by atoms with van der Waals surface area (Å²) in [6, 6.07) is 6.86. The van der Waals surface area contributed by atoms with Crippen LogP contribution >= 0.6 is 0 Å². The molecule has 0 radical (unpaired) electrons. The zero-order valence-electron chi connectivity index (χ0n) is 13.1. The molecule has 0 atom stereocenters. The molecule has 0 aliphatic carbocycles. The first-order valence-corrected chi connectivity index (χ1v) is 8.75. The normalized spacial score (nSPS) is 12.0. The van der Waals surface area contributed by atoms with Gasteiger partial charge in [-0.05, 0) is 37.1 Å². The van der Waals surface area contributed by atoms with Gasteiger partial charge in [0.1, 0.15) is 0 Å². The Labute approximate surface area is 128 Å². The van der Waals surface area contributed by atoms with Gasteiger partial charge in [-0.2, -0.15) is 0 Å². The smallest absolute Gasteiger partial charge is 0.240 e. The van der Waals surface area contributed by atoms with Crippen LogP contribution in [-0.4, -0.2) is 35.2 Å². The average Bonchev–Trinajstić information content (AvgIpc) is 2.43. The first-order chi connectivity index (χ1) is 9.95. The minimum atomic E-state index is -3.45. The van der Waals surface area contributed by atoms with E-state index in [1.807, 2.05) is 19.2 Å². The van der Waals surface area contributed by atoms with Crippen LogP contribution in [0.3, 0.4) is 0 Å². The molecule has 0 saturated carbocycles. The second-order valence-corrected chi connectivity index (χ2v) is 7.13. The second-order valence-electron chi connectivity index (χ2n) is 5.37. The lowest BCUT2D eigenvalue weighted by Gasteiger charge is -2.09. The van der Waals surface area contributed by atoms with E-state index in [0.29, 0.717) is 25.7 Å². The van der Waals surface area contributed by atoms with Gasteiger partial charge in [0.15, 0.2) is 0 Å². The summed E-state index contributed by atoms with van der Waals surface area (Å²) in [5, 5.41) is 3.02. The van der Waals surface area contributed by atoms with Gasteiger partial charge in [0.05, 0.1) is 11.5 Å². The molecule has 2 N–H and O–H groups in total. The molecule has 120 valence electrons. The van der Waals surface area contributed by atoms with Crippen LogP contribution in [0, 0.1) is 5.92 Å². The zero-order chi connectivity index (χ0) is 15.7. The molecule has 0 heterocycles. The number of hydrogen-bond donors (Lipinski definition) is 2. The van der Waals surface area contributed by atoms with Crippen molar-refractivity contribution in [3.63, 3.8) is 0 Å².